The smallest absolute Gasteiger partial charge is 0.255 e. The van der Waals surface area contributed by atoms with Gasteiger partial charge < -0.3 is 20.5 Å². The Balaban J connectivity index is 1.82. The Hall–Kier alpha value is -2.98. The first kappa shape index (κ1) is 25.1. The number of fused-ring (bicyclic) bond motifs is 1. The van der Waals surface area contributed by atoms with E-state index in [9.17, 15) is 9.90 Å². The van der Waals surface area contributed by atoms with E-state index in [4.69, 9.17) is 9.84 Å². The molecule has 10 heteroatoms. The van der Waals surface area contributed by atoms with Crippen molar-refractivity contribution in [2.45, 2.75) is 45.3 Å². The molecule has 3 aromatic rings. The third-order valence-corrected chi connectivity index (χ3v) is 7.10. The number of hydrogen-bond donors (Lipinski definition) is 3. The molecule has 0 saturated heterocycles. The van der Waals surface area contributed by atoms with Gasteiger partial charge in [-0.1, -0.05) is 30.8 Å². The van der Waals surface area contributed by atoms with Gasteiger partial charge in [0.1, 0.15) is 6.04 Å². The largest absolute Gasteiger partial charge is 0.503 e. The Morgan fingerprint density at radius 1 is 1.29 bits per heavy atom. The van der Waals surface area contributed by atoms with Crippen molar-refractivity contribution in [3.05, 3.63) is 63.3 Å². The van der Waals surface area contributed by atoms with Gasteiger partial charge in [0, 0.05) is 17.1 Å². The molecule has 1 aliphatic rings. The van der Waals surface area contributed by atoms with E-state index in [-0.39, 0.29) is 11.7 Å². The van der Waals surface area contributed by atoms with Crippen molar-refractivity contribution >= 4 is 45.2 Å². The van der Waals surface area contributed by atoms with E-state index in [0.717, 1.165) is 23.3 Å². The molecule has 4 rings (SSSR count). The van der Waals surface area contributed by atoms with Gasteiger partial charge in [-0.3, -0.25) is 4.79 Å². The summed E-state index contributed by atoms with van der Waals surface area (Å²) < 4.78 is 7.86. The fraction of sp³-hybridized carbons (Fsp3) is 0.320. The van der Waals surface area contributed by atoms with Crippen LogP contribution in [0.3, 0.4) is 0 Å². The van der Waals surface area contributed by atoms with Gasteiger partial charge >= 0.3 is 0 Å². The highest BCUT2D eigenvalue weighted by atomic mass is 79.9. The molecule has 2 heterocycles. The highest BCUT2D eigenvalue weighted by molar-refractivity contribution is 9.10. The Morgan fingerprint density at radius 3 is 2.80 bits per heavy atom. The summed E-state index contributed by atoms with van der Waals surface area (Å²) in [4.78, 5) is 18.3. The average Bonchev–Trinajstić information content (AvgIpc) is 3.22. The maximum Gasteiger partial charge on any atom is 0.255 e. The van der Waals surface area contributed by atoms with Crippen molar-refractivity contribution in [2.24, 2.45) is 0 Å². The molecule has 1 unspecified atom stereocenters. The molecule has 3 N–H and O–H groups in total. The normalized spacial score (nSPS) is 14.9. The number of carbonyl (C=O) groups excluding carboxylic acids is 1. The SMILES string of the molecule is CCCSc1nc2n(n1)C(c1cc(Br)c(O)c(OCC)c1)C(C(=O)Nc1cccc(C)c1)=C(C)N2. The van der Waals surface area contributed by atoms with E-state index >= 15 is 0 Å². The number of allylic oxidation sites excluding steroid dienone is 1. The van der Waals surface area contributed by atoms with Crippen molar-refractivity contribution in [1.82, 2.24) is 14.8 Å². The van der Waals surface area contributed by atoms with Gasteiger partial charge in [-0.15, -0.1) is 5.10 Å². The summed E-state index contributed by atoms with van der Waals surface area (Å²) in [7, 11) is 0. The number of benzene rings is 2. The van der Waals surface area contributed by atoms with E-state index in [0.29, 0.717) is 44.9 Å². The van der Waals surface area contributed by atoms with Crippen LogP contribution < -0.4 is 15.4 Å². The van der Waals surface area contributed by atoms with Crippen LogP contribution in [0.25, 0.3) is 0 Å². The third-order valence-electron chi connectivity index (χ3n) is 5.46. The number of aromatic nitrogens is 3. The van der Waals surface area contributed by atoms with E-state index in [1.54, 1.807) is 28.6 Å². The number of aromatic hydroxyl groups is 1. The first-order valence-corrected chi connectivity index (χ1v) is 13.2. The lowest BCUT2D eigenvalue weighted by molar-refractivity contribution is -0.113. The number of rotatable bonds is 8. The Bertz CT molecular complexity index is 1290. The minimum Gasteiger partial charge on any atom is -0.503 e. The van der Waals surface area contributed by atoms with Crippen molar-refractivity contribution in [3.63, 3.8) is 0 Å². The first-order valence-electron chi connectivity index (χ1n) is 11.4. The number of aryl methyl sites for hydroxylation is 1. The molecule has 1 aromatic heterocycles. The average molecular weight is 559 g/mol. The molecular weight excluding hydrogens is 530 g/mol. The molecule has 0 fully saturated rings. The van der Waals surface area contributed by atoms with Gasteiger partial charge in [-0.25, -0.2) is 4.68 Å². The second kappa shape index (κ2) is 10.7. The molecule has 1 atom stereocenters. The molecule has 0 radical (unpaired) electrons. The van der Waals surface area contributed by atoms with Crippen LogP contribution in [0.4, 0.5) is 11.6 Å². The van der Waals surface area contributed by atoms with Crippen molar-refractivity contribution in [1.29, 1.82) is 0 Å². The summed E-state index contributed by atoms with van der Waals surface area (Å²) in [5, 5.41) is 22.1. The van der Waals surface area contributed by atoms with Crippen molar-refractivity contribution < 1.29 is 14.6 Å². The van der Waals surface area contributed by atoms with E-state index in [1.165, 1.54) is 0 Å². The van der Waals surface area contributed by atoms with Gasteiger partial charge in [0.25, 0.3) is 5.91 Å². The maximum atomic E-state index is 13.7. The molecular formula is C25H28BrN5O3S. The molecule has 2 aromatic carbocycles. The molecule has 0 saturated carbocycles. The van der Waals surface area contributed by atoms with Gasteiger partial charge in [0.15, 0.2) is 11.5 Å². The Kier molecular flexibility index (Phi) is 7.71. The monoisotopic (exact) mass is 557 g/mol. The number of amides is 1. The van der Waals surface area contributed by atoms with E-state index in [1.807, 2.05) is 45.0 Å². The maximum absolute atomic E-state index is 13.7. The summed E-state index contributed by atoms with van der Waals surface area (Å²) in [5.74, 6) is 1.53. The fourth-order valence-corrected chi connectivity index (χ4v) is 5.07. The lowest BCUT2D eigenvalue weighted by Gasteiger charge is -2.29. The minimum absolute atomic E-state index is 0.00834. The van der Waals surface area contributed by atoms with Gasteiger partial charge in [0.05, 0.1) is 16.7 Å². The van der Waals surface area contributed by atoms with Crippen molar-refractivity contribution in [3.8, 4) is 11.5 Å². The number of carbonyl (C=O) groups is 1. The number of thioether (sulfide) groups is 1. The van der Waals surface area contributed by atoms with E-state index < -0.39 is 6.04 Å². The molecule has 35 heavy (non-hydrogen) atoms. The number of ether oxygens (including phenoxy) is 1. The number of phenolic OH excluding ortho intramolecular Hbond substituents is 1. The predicted octanol–water partition coefficient (Wildman–Crippen LogP) is 5.88. The molecule has 0 spiro atoms. The van der Waals surface area contributed by atoms with Crippen LogP contribution in [0.15, 0.2) is 57.3 Å². The van der Waals surface area contributed by atoms with Crippen LogP contribution in [0.2, 0.25) is 0 Å². The lowest BCUT2D eigenvalue weighted by Crippen LogP contribution is -2.31. The molecule has 1 amide bonds. The number of phenols is 1. The zero-order valence-corrected chi connectivity index (χ0v) is 22.5. The summed E-state index contributed by atoms with van der Waals surface area (Å²) in [6.07, 6.45) is 0.995. The van der Waals surface area contributed by atoms with Crippen LogP contribution in [-0.2, 0) is 4.79 Å². The Morgan fingerprint density at radius 2 is 2.09 bits per heavy atom. The van der Waals surface area contributed by atoms with Crippen LogP contribution in [0.5, 0.6) is 11.5 Å². The van der Waals surface area contributed by atoms with Crippen molar-refractivity contribution in [2.75, 3.05) is 23.0 Å². The second-order valence-electron chi connectivity index (χ2n) is 8.18. The molecule has 184 valence electrons. The van der Waals surface area contributed by atoms with Gasteiger partial charge in [-0.05, 0) is 78.5 Å². The van der Waals surface area contributed by atoms with Gasteiger partial charge in [-0.2, -0.15) is 4.98 Å². The summed E-state index contributed by atoms with van der Waals surface area (Å²) in [6.45, 7) is 8.17. The van der Waals surface area contributed by atoms with Gasteiger partial charge in [0.2, 0.25) is 11.1 Å². The number of halogens is 1. The number of nitrogens with one attached hydrogen (secondary N) is 2. The minimum atomic E-state index is -0.587. The lowest BCUT2D eigenvalue weighted by atomic mass is 9.94. The highest BCUT2D eigenvalue weighted by Crippen LogP contribution is 2.42. The second-order valence-corrected chi connectivity index (χ2v) is 10.1. The summed E-state index contributed by atoms with van der Waals surface area (Å²) in [6, 6.07) is 10.6. The van der Waals surface area contributed by atoms with Crippen LogP contribution in [-0.4, -0.2) is 38.1 Å². The Labute approximate surface area is 217 Å². The zero-order chi connectivity index (χ0) is 25.1. The third kappa shape index (κ3) is 5.33. The number of nitrogens with zero attached hydrogens (tertiary/aromatic N) is 3. The molecule has 0 bridgehead atoms. The van der Waals surface area contributed by atoms with Crippen LogP contribution >= 0.6 is 27.7 Å². The van der Waals surface area contributed by atoms with Crippen LogP contribution in [0.1, 0.15) is 44.4 Å². The first-order chi connectivity index (χ1) is 16.8. The molecule has 0 aliphatic carbocycles. The molecule has 8 nitrogen and oxygen atoms in total. The number of hydrogen-bond acceptors (Lipinski definition) is 7. The molecule has 1 aliphatic heterocycles. The summed E-state index contributed by atoms with van der Waals surface area (Å²) in [5.41, 5.74) is 3.66. The number of anilines is 2. The van der Waals surface area contributed by atoms with Crippen LogP contribution in [0, 0.1) is 6.92 Å². The zero-order valence-electron chi connectivity index (χ0n) is 20.1. The fourth-order valence-electron chi connectivity index (χ4n) is 3.93. The standard InChI is InChI=1S/C25H28BrN5O3S/c1-5-10-35-25-29-24-27-15(4)20(23(33)28-17-9-7-8-14(3)11-17)21(31(24)30-25)16-12-18(26)22(32)19(13-16)34-6-2/h7-9,11-13,21,32H,5-6,10H2,1-4H3,(H,28,33)(H,27,29,30). The summed E-state index contributed by atoms with van der Waals surface area (Å²) >= 11 is 5.00. The van der Waals surface area contributed by atoms with E-state index in [2.05, 4.69) is 38.5 Å². The quantitative estimate of drug-likeness (QED) is 0.297. The highest BCUT2D eigenvalue weighted by Gasteiger charge is 2.35. The predicted molar refractivity (Wildman–Crippen MR) is 142 cm³/mol. The topological polar surface area (TPSA) is 101 Å².